The molecule has 6 nitrogen and oxygen atoms in total. The lowest BCUT2D eigenvalue weighted by Crippen LogP contribution is -2.20. The Hall–Kier alpha value is -2.41. The van der Waals surface area contributed by atoms with Crippen LogP contribution in [0.2, 0.25) is 0 Å². The highest BCUT2D eigenvalue weighted by atomic mass is 79.9. The molecule has 21 heavy (non-hydrogen) atoms. The number of halogens is 1. The normalized spacial score (nSPS) is 9.95. The van der Waals surface area contributed by atoms with Gasteiger partial charge in [0.15, 0.2) is 6.61 Å². The number of ether oxygens (including phenoxy) is 1. The minimum absolute atomic E-state index is 0.000656. The van der Waals surface area contributed by atoms with Crippen molar-refractivity contribution >= 4 is 33.5 Å². The lowest BCUT2D eigenvalue weighted by atomic mass is 10.2. The third-order valence-corrected chi connectivity index (χ3v) is 2.93. The van der Waals surface area contributed by atoms with Gasteiger partial charge >= 0.3 is 5.97 Å². The minimum Gasteiger partial charge on any atom is -0.484 e. The summed E-state index contributed by atoms with van der Waals surface area (Å²) in [6.45, 7) is -0.187. The van der Waals surface area contributed by atoms with E-state index in [0.717, 1.165) is 4.47 Å². The number of hydrogen-bond acceptors (Lipinski definition) is 4. The number of aromatic carboxylic acids is 1. The smallest absolute Gasteiger partial charge is 0.337 e. The van der Waals surface area contributed by atoms with Crippen molar-refractivity contribution in [2.45, 2.75) is 0 Å². The summed E-state index contributed by atoms with van der Waals surface area (Å²) in [5.74, 6) is -0.958. The number of pyridine rings is 1. The standard InChI is InChI=1S/C14H11BrN2O4/c15-10-2-1-3-12(5-10)21-8-13(18)17-11-4-9(14(19)20)6-16-7-11/h1-7H,8H2,(H,17,18)(H,19,20). The molecule has 0 aliphatic carbocycles. The quantitative estimate of drug-likeness (QED) is 0.864. The van der Waals surface area contributed by atoms with Crippen LogP contribution >= 0.6 is 15.9 Å². The van der Waals surface area contributed by atoms with Gasteiger partial charge in [-0.15, -0.1) is 0 Å². The Balaban J connectivity index is 1.93. The van der Waals surface area contributed by atoms with E-state index in [4.69, 9.17) is 9.84 Å². The number of amides is 1. The molecular weight excluding hydrogens is 340 g/mol. The first-order valence-corrected chi connectivity index (χ1v) is 6.70. The van der Waals surface area contributed by atoms with E-state index in [0.29, 0.717) is 11.4 Å². The van der Waals surface area contributed by atoms with Crippen molar-refractivity contribution < 1.29 is 19.4 Å². The maximum atomic E-state index is 11.7. The highest BCUT2D eigenvalue weighted by Crippen LogP contribution is 2.17. The Morgan fingerprint density at radius 2 is 2.10 bits per heavy atom. The second-order valence-corrected chi connectivity index (χ2v) is 4.98. The molecule has 0 spiro atoms. The number of anilines is 1. The summed E-state index contributed by atoms with van der Waals surface area (Å²) in [6, 6.07) is 8.42. The molecule has 0 aliphatic rings. The van der Waals surface area contributed by atoms with Crippen LogP contribution in [0.4, 0.5) is 5.69 Å². The van der Waals surface area contributed by atoms with Gasteiger partial charge in [-0.2, -0.15) is 0 Å². The molecule has 0 unspecified atom stereocenters. The fourth-order valence-electron chi connectivity index (χ4n) is 1.53. The fourth-order valence-corrected chi connectivity index (χ4v) is 1.91. The van der Waals surface area contributed by atoms with Gasteiger partial charge in [0.1, 0.15) is 5.75 Å². The molecule has 108 valence electrons. The molecule has 2 aromatic rings. The third-order valence-electron chi connectivity index (χ3n) is 2.43. The summed E-state index contributed by atoms with van der Waals surface area (Å²) in [5.41, 5.74) is 0.304. The molecule has 2 N–H and O–H groups in total. The Morgan fingerprint density at radius 1 is 1.29 bits per heavy atom. The zero-order valence-corrected chi connectivity index (χ0v) is 12.3. The van der Waals surface area contributed by atoms with Gasteiger partial charge in [-0.25, -0.2) is 4.79 Å². The highest BCUT2D eigenvalue weighted by Gasteiger charge is 2.08. The van der Waals surface area contributed by atoms with Crippen molar-refractivity contribution in [3.63, 3.8) is 0 Å². The van der Waals surface area contributed by atoms with Gasteiger partial charge in [0, 0.05) is 10.7 Å². The van der Waals surface area contributed by atoms with Crippen LogP contribution in [0.5, 0.6) is 5.75 Å². The second-order valence-electron chi connectivity index (χ2n) is 4.06. The number of benzene rings is 1. The molecule has 1 amide bonds. The van der Waals surface area contributed by atoms with E-state index in [2.05, 4.69) is 26.2 Å². The van der Waals surface area contributed by atoms with Gasteiger partial charge in [0.25, 0.3) is 5.91 Å². The predicted octanol–water partition coefficient (Wildman–Crippen LogP) is 2.56. The summed E-state index contributed by atoms with van der Waals surface area (Å²) < 4.78 is 6.17. The van der Waals surface area contributed by atoms with Gasteiger partial charge in [-0.3, -0.25) is 9.78 Å². The number of hydrogen-bond donors (Lipinski definition) is 2. The minimum atomic E-state index is -1.11. The molecule has 2 rings (SSSR count). The van der Waals surface area contributed by atoms with Gasteiger partial charge < -0.3 is 15.2 Å². The molecule has 0 saturated heterocycles. The van der Waals surface area contributed by atoms with Crippen LogP contribution in [0.3, 0.4) is 0 Å². The summed E-state index contributed by atoms with van der Waals surface area (Å²) in [7, 11) is 0. The van der Waals surface area contributed by atoms with Crippen LogP contribution in [0.15, 0.2) is 47.2 Å². The molecule has 0 atom stereocenters. The van der Waals surface area contributed by atoms with E-state index in [-0.39, 0.29) is 12.2 Å². The van der Waals surface area contributed by atoms with Crippen molar-refractivity contribution in [3.8, 4) is 5.75 Å². The van der Waals surface area contributed by atoms with Crippen LogP contribution < -0.4 is 10.1 Å². The molecule has 1 heterocycles. The fraction of sp³-hybridized carbons (Fsp3) is 0.0714. The van der Waals surface area contributed by atoms with Crippen molar-refractivity contribution in [1.82, 2.24) is 4.98 Å². The van der Waals surface area contributed by atoms with E-state index < -0.39 is 11.9 Å². The first kappa shape index (κ1) is 15.0. The maximum Gasteiger partial charge on any atom is 0.337 e. The number of carboxylic acid groups (broad SMARTS) is 1. The number of rotatable bonds is 5. The number of aromatic nitrogens is 1. The number of carboxylic acids is 1. The van der Waals surface area contributed by atoms with Gasteiger partial charge in [0.05, 0.1) is 17.4 Å². The SMILES string of the molecule is O=C(COc1cccc(Br)c1)Nc1cncc(C(=O)O)c1. The number of nitrogens with one attached hydrogen (secondary N) is 1. The molecule has 1 aromatic heterocycles. The van der Waals surface area contributed by atoms with Crippen LogP contribution in [-0.2, 0) is 4.79 Å². The highest BCUT2D eigenvalue weighted by molar-refractivity contribution is 9.10. The Bertz CT molecular complexity index is 676. The van der Waals surface area contributed by atoms with Crippen LogP contribution in [0, 0.1) is 0 Å². The van der Waals surface area contributed by atoms with Crippen molar-refractivity contribution in [1.29, 1.82) is 0 Å². The Kier molecular flexibility index (Phi) is 4.89. The first-order valence-electron chi connectivity index (χ1n) is 5.91. The number of nitrogens with zero attached hydrogens (tertiary/aromatic N) is 1. The third kappa shape index (κ3) is 4.57. The lowest BCUT2D eigenvalue weighted by Gasteiger charge is -2.08. The zero-order chi connectivity index (χ0) is 15.2. The van der Waals surface area contributed by atoms with E-state index in [1.807, 2.05) is 6.07 Å². The predicted molar refractivity (Wildman–Crippen MR) is 79.5 cm³/mol. The molecule has 0 saturated carbocycles. The topological polar surface area (TPSA) is 88.5 Å². The molecule has 7 heteroatoms. The molecule has 0 bridgehead atoms. The van der Waals surface area contributed by atoms with Gasteiger partial charge in [0.2, 0.25) is 0 Å². The zero-order valence-electron chi connectivity index (χ0n) is 10.7. The first-order chi connectivity index (χ1) is 10.0. The van der Waals surface area contributed by atoms with E-state index in [9.17, 15) is 9.59 Å². The van der Waals surface area contributed by atoms with Crippen LogP contribution in [0.1, 0.15) is 10.4 Å². The molecule has 0 radical (unpaired) electrons. The average Bonchev–Trinajstić information content (AvgIpc) is 2.45. The van der Waals surface area contributed by atoms with E-state index in [1.54, 1.807) is 18.2 Å². The molecule has 0 fully saturated rings. The largest absolute Gasteiger partial charge is 0.484 e. The summed E-state index contributed by atoms with van der Waals surface area (Å²) in [4.78, 5) is 26.3. The Labute approximate surface area is 128 Å². The number of carbonyl (C=O) groups is 2. The van der Waals surface area contributed by atoms with Crippen molar-refractivity contribution in [2.75, 3.05) is 11.9 Å². The number of carbonyl (C=O) groups excluding carboxylic acids is 1. The van der Waals surface area contributed by atoms with Crippen LogP contribution in [-0.4, -0.2) is 28.6 Å². The summed E-state index contributed by atoms with van der Waals surface area (Å²) in [6.07, 6.45) is 2.57. The van der Waals surface area contributed by atoms with E-state index in [1.165, 1.54) is 18.5 Å². The molecular formula is C14H11BrN2O4. The average molecular weight is 351 g/mol. The molecule has 0 aliphatic heterocycles. The van der Waals surface area contributed by atoms with Crippen molar-refractivity contribution in [2.24, 2.45) is 0 Å². The van der Waals surface area contributed by atoms with Crippen LogP contribution in [0.25, 0.3) is 0 Å². The van der Waals surface area contributed by atoms with E-state index >= 15 is 0 Å². The summed E-state index contributed by atoms with van der Waals surface area (Å²) >= 11 is 3.30. The maximum absolute atomic E-state index is 11.7. The van der Waals surface area contributed by atoms with Crippen molar-refractivity contribution in [3.05, 3.63) is 52.8 Å². The summed E-state index contributed by atoms with van der Waals surface area (Å²) in [5, 5.41) is 11.4. The van der Waals surface area contributed by atoms with Gasteiger partial charge in [-0.1, -0.05) is 22.0 Å². The molecule has 1 aromatic carbocycles. The lowest BCUT2D eigenvalue weighted by molar-refractivity contribution is -0.118. The van der Waals surface area contributed by atoms with Gasteiger partial charge in [-0.05, 0) is 24.3 Å². The second kappa shape index (κ2) is 6.85. The Morgan fingerprint density at radius 3 is 2.81 bits per heavy atom. The monoisotopic (exact) mass is 350 g/mol.